The van der Waals surface area contributed by atoms with E-state index in [0.717, 1.165) is 23.4 Å². The van der Waals surface area contributed by atoms with Crippen LogP contribution in [0.5, 0.6) is 0 Å². The molecule has 2 heterocycles. The molecular formula is C22H28FN9. The number of aliphatic imine (C=N–C) groups is 1. The van der Waals surface area contributed by atoms with E-state index in [1.54, 1.807) is 19.2 Å². The molecule has 0 aliphatic carbocycles. The minimum atomic E-state index is -0.345. The summed E-state index contributed by atoms with van der Waals surface area (Å²) in [6.45, 7) is 5.29. The molecule has 0 saturated heterocycles. The van der Waals surface area contributed by atoms with Gasteiger partial charge in [0.2, 0.25) is 0 Å². The van der Waals surface area contributed by atoms with Gasteiger partial charge in [-0.15, -0.1) is 0 Å². The number of aryl methyl sites for hydroxylation is 3. The number of guanidine groups is 1. The van der Waals surface area contributed by atoms with E-state index in [1.807, 2.05) is 25.6 Å². The molecule has 10 heteroatoms. The summed E-state index contributed by atoms with van der Waals surface area (Å²) in [4.78, 5) is 4.26. The van der Waals surface area contributed by atoms with Crippen LogP contribution in [-0.2, 0) is 20.0 Å². The smallest absolute Gasteiger partial charge is 0.191 e. The van der Waals surface area contributed by atoms with Gasteiger partial charge in [-0.3, -0.25) is 9.67 Å². The molecule has 0 aliphatic rings. The standard InChI is InChI=1S/C22H28FN9/c1-14-19(15(2)31(4)29-14)13-28-22(26-3)27-11-5-6-20-18(12-24)21(25)32(30-20)17-9-7-16(23)8-10-17/h7-10H,5-6,11,13,25H2,1-4H3,(H2,26,27,28). The first kappa shape index (κ1) is 22.8. The second-order valence-corrected chi connectivity index (χ2v) is 7.44. The molecule has 3 aromatic rings. The van der Waals surface area contributed by atoms with Crippen LogP contribution in [0.25, 0.3) is 5.69 Å². The van der Waals surface area contributed by atoms with E-state index in [0.29, 0.717) is 42.4 Å². The van der Waals surface area contributed by atoms with E-state index in [1.165, 1.54) is 16.8 Å². The number of hydrogen-bond donors (Lipinski definition) is 3. The molecule has 0 radical (unpaired) electrons. The molecular weight excluding hydrogens is 409 g/mol. The molecule has 2 aromatic heterocycles. The fourth-order valence-electron chi connectivity index (χ4n) is 3.48. The van der Waals surface area contributed by atoms with E-state index in [2.05, 4.69) is 31.9 Å². The first-order chi connectivity index (χ1) is 15.3. The molecule has 0 unspecified atom stereocenters. The summed E-state index contributed by atoms with van der Waals surface area (Å²) < 4.78 is 16.5. The largest absolute Gasteiger partial charge is 0.382 e. The number of nitrogens with one attached hydrogen (secondary N) is 2. The number of benzene rings is 1. The Morgan fingerprint density at radius 2 is 1.94 bits per heavy atom. The van der Waals surface area contributed by atoms with Gasteiger partial charge in [0.15, 0.2) is 5.96 Å². The van der Waals surface area contributed by atoms with Crippen molar-refractivity contribution in [2.75, 3.05) is 19.3 Å². The van der Waals surface area contributed by atoms with E-state index in [4.69, 9.17) is 5.73 Å². The summed E-state index contributed by atoms with van der Waals surface area (Å²) in [5, 5.41) is 25.0. The van der Waals surface area contributed by atoms with Crippen molar-refractivity contribution < 1.29 is 4.39 Å². The van der Waals surface area contributed by atoms with Crippen LogP contribution in [0, 0.1) is 31.0 Å². The van der Waals surface area contributed by atoms with Crippen molar-refractivity contribution in [1.29, 1.82) is 5.26 Å². The van der Waals surface area contributed by atoms with Crippen LogP contribution in [0.3, 0.4) is 0 Å². The van der Waals surface area contributed by atoms with Crippen LogP contribution in [0.15, 0.2) is 29.3 Å². The molecule has 3 rings (SSSR count). The zero-order valence-electron chi connectivity index (χ0n) is 18.8. The maximum Gasteiger partial charge on any atom is 0.191 e. The number of nitrogens with zero attached hydrogens (tertiary/aromatic N) is 6. The SMILES string of the molecule is CN=C(NCCCc1nn(-c2ccc(F)cc2)c(N)c1C#N)NCc1c(C)nn(C)c1C. The van der Waals surface area contributed by atoms with Crippen LogP contribution in [0.1, 0.15) is 34.6 Å². The quantitative estimate of drug-likeness (QED) is 0.296. The highest BCUT2D eigenvalue weighted by molar-refractivity contribution is 5.79. The summed E-state index contributed by atoms with van der Waals surface area (Å²) in [6.07, 6.45) is 1.28. The molecule has 1 aromatic carbocycles. The highest BCUT2D eigenvalue weighted by Crippen LogP contribution is 2.21. The van der Waals surface area contributed by atoms with E-state index in [9.17, 15) is 9.65 Å². The lowest BCUT2D eigenvalue weighted by atomic mass is 10.1. The van der Waals surface area contributed by atoms with Crippen molar-refractivity contribution in [2.24, 2.45) is 12.0 Å². The summed E-state index contributed by atoms with van der Waals surface area (Å²) >= 11 is 0. The number of hydrogen-bond acceptors (Lipinski definition) is 5. The number of nitriles is 1. The number of nitrogens with two attached hydrogens (primary N) is 1. The fourth-order valence-corrected chi connectivity index (χ4v) is 3.48. The molecule has 0 bridgehead atoms. The zero-order chi connectivity index (χ0) is 23.3. The second kappa shape index (κ2) is 9.96. The van der Waals surface area contributed by atoms with E-state index >= 15 is 0 Å². The van der Waals surface area contributed by atoms with E-state index < -0.39 is 0 Å². The Bertz CT molecular complexity index is 1150. The Morgan fingerprint density at radius 3 is 2.53 bits per heavy atom. The molecule has 4 N–H and O–H groups in total. The van der Waals surface area contributed by atoms with Crippen molar-refractivity contribution >= 4 is 11.8 Å². The fraction of sp³-hybridized carbons (Fsp3) is 0.364. The van der Waals surface area contributed by atoms with Gasteiger partial charge in [0.1, 0.15) is 23.3 Å². The molecule has 32 heavy (non-hydrogen) atoms. The van der Waals surface area contributed by atoms with Crippen LogP contribution in [0.4, 0.5) is 10.2 Å². The number of nitrogen functional groups attached to an aromatic ring is 1. The molecule has 0 spiro atoms. The van der Waals surface area contributed by atoms with Gasteiger partial charge in [-0.2, -0.15) is 15.5 Å². The van der Waals surface area contributed by atoms with Crippen molar-refractivity contribution in [1.82, 2.24) is 30.2 Å². The minimum absolute atomic E-state index is 0.252. The van der Waals surface area contributed by atoms with Crippen LogP contribution in [-0.4, -0.2) is 39.1 Å². The molecule has 0 atom stereocenters. The Labute approximate surface area is 186 Å². The van der Waals surface area contributed by atoms with Gasteiger partial charge >= 0.3 is 0 Å². The number of rotatable bonds is 7. The van der Waals surface area contributed by atoms with Crippen molar-refractivity contribution in [3.8, 4) is 11.8 Å². The number of anilines is 1. The highest BCUT2D eigenvalue weighted by atomic mass is 19.1. The molecule has 9 nitrogen and oxygen atoms in total. The predicted octanol–water partition coefficient (Wildman–Crippen LogP) is 2.11. The maximum atomic E-state index is 13.2. The lowest BCUT2D eigenvalue weighted by Gasteiger charge is -2.12. The summed E-state index contributed by atoms with van der Waals surface area (Å²) in [7, 11) is 3.65. The normalized spacial score (nSPS) is 11.4. The predicted molar refractivity (Wildman–Crippen MR) is 122 cm³/mol. The molecule has 0 aliphatic heterocycles. The van der Waals surface area contributed by atoms with Gasteiger partial charge in [-0.1, -0.05) is 0 Å². The van der Waals surface area contributed by atoms with Gasteiger partial charge in [-0.05, 0) is 51.0 Å². The average Bonchev–Trinajstić information content (AvgIpc) is 3.22. The summed E-state index contributed by atoms with van der Waals surface area (Å²) in [5.41, 5.74) is 10.9. The third-order valence-corrected chi connectivity index (χ3v) is 5.37. The molecule has 0 amide bonds. The van der Waals surface area contributed by atoms with Gasteiger partial charge in [0.05, 0.1) is 17.1 Å². The summed E-state index contributed by atoms with van der Waals surface area (Å²) in [6, 6.07) is 7.95. The maximum absolute atomic E-state index is 13.2. The lowest BCUT2D eigenvalue weighted by molar-refractivity contribution is 0.627. The first-order valence-corrected chi connectivity index (χ1v) is 10.3. The Kier molecular flexibility index (Phi) is 7.10. The third kappa shape index (κ3) is 4.88. The summed E-state index contributed by atoms with van der Waals surface area (Å²) in [5.74, 6) is 0.591. The zero-order valence-corrected chi connectivity index (χ0v) is 18.8. The van der Waals surface area contributed by atoms with Gasteiger partial charge < -0.3 is 16.4 Å². The van der Waals surface area contributed by atoms with Crippen LogP contribution >= 0.6 is 0 Å². The lowest BCUT2D eigenvalue weighted by Crippen LogP contribution is -2.37. The van der Waals surface area contributed by atoms with E-state index in [-0.39, 0.29) is 11.6 Å². The second-order valence-electron chi connectivity index (χ2n) is 7.44. The van der Waals surface area contributed by atoms with Crippen LogP contribution in [0.2, 0.25) is 0 Å². The van der Waals surface area contributed by atoms with Gasteiger partial charge in [0.25, 0.3) is 0 Å². The van der Waals surface area contributed by atoms with Crippen molar-refractivity contribution in [2.45, 2.75) is 33.2 Å². The average molecular weight is 438 g/mol. The third-order valence-electron chi connectivity index (χ3n) is 5.37. The number of aromatic nitrogens is 4. The molecule has 0 fully saturated rings. The Balaban J connectivity index is 1.57. The molecule has 168 valence electrons. The van der Waals surface area contributed by atoms with Gasteiger partial charge in [0, 0.05) is 38.4 Å². The Morgan fingerprint density at radius 1 is 1.22 bits per heavy atom. The highest BCUT2D eigenvalue weighted by Gasteiger charge is 2.16. The number of halogens is 1. The van der Waals surface area contributed by atoms with Crippen LogP contribution < -0.4 is 16.4 Å². The molecule has 0 saturated carbocycles. The van der Waals surface area contributed by atoms with Crippen molar-refractivity contribution in [3.05, 3.63) is 58.3 Å². The van der Waals surface area contributed by atoms with Gasteiger partial charge in [-0.25, -0.2) is 9.07 Å². The monoisotopic (exact) mass is 437 g/mol. The first-order valence-electron chi connectivity index (χ1n) is 10.3. The topological polar surface area (TPSA) is 122 Å². The minimum Gasteiger partial charge on any atom is -0.382 e. The Hall–Kier alpha value is -3.87. The van der Waals surface area contributed by atoms with Crippen molar-refractivity contribution in [3.63, 3.8) is 0 Å².